The number of halogens is 1. The van der Waals surface area contributed by atoms with Crippen molar-refractivity contribution in [2.45, 2.75) is 51.1 Å². The second kappa shape index (κ2) is 8.68. The zero-order chi connectivity index (χ0) is 19.5. The van der Waals surface area contributed by atoms with Crippen LogP contribution in [-0.4, -0.2) is 50.2 Å². The Morgan fingerprint density at radius 1 is 1.25 bits per heavy atom. The topological polar surface area (TPSA) is 48.9 Å². The summed E-state index contributed by atoms with van der Waals surface area (Å²) >= 11 is 0. The molecule has 5 nitrogen and oxygen atoms in total. The van der Waals surface area contributed by atoms with E-state index in [1.807, 2.05) is 13.0 Å². The Bertz CT molecular complexity index is 702. The summed E-state index contributed by atoms with van der Waals surface area (Å²) in [6.45, 7) is 6.00. The van der Waals surface area contributed by atoms with Gasteiger partial charge in [-0.3, -0.25) is 4.99 Å². The number of aliphatic imine (C=N–C) groups is 1. The van der Waals surface area contributed by atoms with Crippen LogP contribution in [0.2, 0.25) is 0 Å². The predicted octanol–water partition coefficient (Wildman–Crippen LogP) is 3.32. The highest BCUT2D eigenvalue weighted by Gasteiger charge is 2.34. The number of hydrogen-bond donors (Lipinski definition) is 2. The second-order valence-electron chi connectivity index (χ2n) is 8.64. The minimum atomic E-state index is -0.291. The van der Waals surface area contributed by atoms with Crippen molar-refractivity contribution < 1.29 is 9.13 Å². The minimum Gasteiger partial charge on any atom is -0.490 e. The van der Waals surface area contributed by atoms with Crippen molar-refractivity contribution in [3.05, 3.63) is 29.6 Å². The van der Waals surface area contributed by atoms with Crippen LogP contribution in [0, 0.1) is 17.7 Å². The van der Waals surface area contributed by atoms with Gasteiger partial charge >= 0.3 is 0 Å². The van der Waals surface area contributed by atoms with Crippen molar-refractivity contribution in [3.8, 4) is 5.75 Å². The number of rotatable bonds is 8. The van der Waals surface area contributed by atoms with E-state index in [1.54, 1.807) is 19.2 Å². The molecule has 6 heteroatoms. The largest absolute Gasteiger partial charge is 0.490 e. The molecule has 0 spiro atoms. The van der Waals surface area contributed by atoms with Crippen LogP contribution in [0.4, 0.5) is 4.39 Å². The quantitative estimate of drug-likeness (QED) is 0.530. The first-order valence-corrected chi connectivity index (χ1v) is 10.8. The summed E-state index contributed by atoms with van der Waals surface area (Å²) in [5, 5.41) is 6.83. The molecule has 28 heavy (non-hydrogen) atoms. The number of nitrogens with one attached hydrogen (secondary N) is 2. The summed E-state index contributed by atoms with van der Waals surface area (Å²) in [5.41, 5.74) is 0.889. The third kappa shape index (κ3) is 5.16. The summed E-state index contributed by atoms with van der Waals surface area (Å²) in [7, 11) is 1.78. The van der Waals surface area contributed by atoms with Gasteiger partial charge in [0.2, 0.25) is 0 Å². The SMILES string of the molecule is CN=C(NCC1CCN(C2CC2)C1)NC(C)c1ccc(OCC2CC2)c(F)c1. The molecule has 3 aliphatic rings. The molecule has 1 aliphatic heterocycles. The number of nitrogens with zero attached hydrogens (tertiary/aromatic N) is 2. The predicted molar refractivity (Wildman–Crippen MR) is 110 cm³/mol. The van der Waals surface area contributed by atoms with E-state index in [9.17, 15) is 4.39 Å². The molecule has 154 valence electrons. The molecule has 3 fully saturated rings. The van der Waals surface area contributed by atoms with E-state index in [-0.39, 0.29) is 11.9 Å². The molecule has 2 saturated carbocycles. The van der Waals surface area contributed by atoms with Crippen molar-refractivity contribution >= 4 is 5.96 Å². The van der Waals surface area contributed by atoms with Gasteiger partial charge in [-0.1, -0.05) is 6.07 Å². The van der Waals surface area contributed by atoms with E-state index in [2.05, 4.69) is 20.5 Å². The first-order chi connectivity index (χ1) is 13.6. The molecular formula is C22H33FN4O. The fraction of sp³-hybridized carbons (Fsp3) is 0.682. The standard InChI is InChI=1S/C22H33FN4O/c1-15(18-5-8-21(20(23)11-18)28-14-16-3-4-16)26-22(24-2)25-12-17-9-10-27(13-17)19-6-7-19/h5,8,11,15-17,19H,3-4,6-7,9-10,12-14H2,1-2H3,(H2,24,25,26). The number of benzene rings is 1. The molecule has 2 aliphatic carbocycles. The Hall–Kier alpha value is -1.82. The average molecular weight is 389 g/mol. The maximum atomic E-state index is 14.4. The molecule has 1 heterocycles. The molecular weight excluding hydrogens is 355 g/mol. The lowest BCUT2D eigenvalue weighted by Gasteiger charge is -2.21. The van der Waals surface area contributed by atoms with Crippen LogP contribution in [0.5, 0.6) is 5.75 Å². The molecule has 0 amide bonds. The van der Waals surface area contributed by atoms with Gasteiger partial charge in [0.25, 0.3) is 0 Å². The monoisotopic (exact) mass is 388 g/mol. The Labute approximate surface area is 167 Å². The van der Waals surface area contributed by atoms with E-state index in [1.165, 1.54) is 45.2 Å². The van der Waals surface area contributed by atoms with Gasteiger partial charge in [-0.25, -0.2) is 4.39 Å². The summed E-state index contributed by atoms with van der Waals surface area (Å²) in [6.07, 6.45) is 6.41. The third-order valence-electron chi connectivity index (χ3n) is 6.14. The Kier molecular flexibility index (Phi) is 6.04. The van der Waals surface area contributed by atoms with E-state index >= 15 is 0 Å². The number of likely N-dealkylation sites (tertiary alicyclic amines) is 1. The maximum Gasteiger partial charge on any atom is 0.191 e. The summed E-state index contributed by atoms with van der Waals surface area (Å²) < 4.78 is 19.9. The fourth-order valence-electron chi connectivity index (χ4n) is 3.92. The minimum absolute atomic E-state index is 0.0373. The van der Waals surface area contributed by atoms with E-state index in [4.69, 9.17) is 4.74 Å². The third-order valence-corrected chi connectivity index (χ3v) is 6.14. The Morgan fingerprint density at radius 3 is 2.75 bits per heavy atom. The molecule has 0 radical (unpaired) electrons. The lowest BCUT2D eigenvalue weighted by atomic mass is 10.1. The molecule has 1 aromatic carbocycles. The maximum absolute atomic E-state index is 14.4. The highest BCUT2D eigenvalue weighted by molar-refractivity contribution is 5.80. The Balaban J connectivity index is 1.25. The van der Waals surface area contributed by atoms with Gasteiger partial charge in [-0.15, -0.1) is 0 Å². The normalized spacial score (nSPS) is 24.2. The molecule has 1 aromatic rings. The zero-order valence-electron chi connectivity index (χ0n) is 17.1. The van der Waals surface area contributed by atoms with Crippen LogP contribution in [0.25, 0.3) is 0 Å². The lowest BCUT2D eigenvalue weighted by molar-refractivity contribution is 0.285. The fourth-order valence-corrected chi connectivity index (χ4v) is 3.92. The van der Waals surface area contributed by atoms with Crippen molar-refractivity contribution in [3.63, 3.8) is 0 Å². The van der Waals surface area contributed by atoms with Crippen LogP contribution < -0.4 is 15.4 Å². The number of guanidine groups is 1. The van der Waals surface area contributed by atoms with Crippen molar-refractivity contribution in [2.75, 3.05) is 33.3 Å². The van der Waals surface area contributed by atoms with Gasteiger partial charge in [0.15, 0.2) is 17.5 Å². The van der Waals surface area contributed by atoms with Crippen LogP contribution in [0.15, 0.2) is 23.2 Å². The van der Waals surface area contributed by atoms with Crippen LogP contribution >= 0.6 is 0 Å². The highest BCUT2D eigenvalue weighted by Crippen LogP contribution is 2.32. The number of hydrogen-bond acceptors (Lipinski definition) is 3. The van der Waals surface area contributed by atoms with Crippen molar-refractivity contribution in [1.82, 2.24) is 15.5 Å². The molecule has 2 unspecified atom stereocenters. The molecule has 0 bridgehead atoms. The average Bonchev–Trinajstić information content (AvgIpc) is 3.63. The first-order valence-electron chi connectivity index (χ1n) is 10.8. The molecule has 4 rings (SSSR count). The van der Waals surface area contributed by atoms with Gasteiger partial charge in [0.1, 0.15) is 0 Å². The van der Waals surface area contributed by atoms with Gasteiger partial charge < -0.3 is 20.3 Å². The molecule has 2 N–H and O–H groups in total. The highest BCUT2D eigenvalue weighted by atomic mass is 19.1. The molecule has 1 saturated heterocycles. The second-order valence-corrected chi connectivity index (χ2v) is 8.64. The molecule has 2 atom stereocenters. The summed E-state index contributed by atoms with van der Waals surface area (Å²) in [5.74, 6) is 2.12. The lowest BCUT2D eigenvalue weighted by Crippen LogP contribution is -2.41. The van der Waals surface area contributed by atoms with Gasteiger partial charge in [-0.05, 0) is 75.1 Å². The van der Waals surface area contributed by atoms with E-state index < -0.39 is 0 Å². The number of ether oxygens (including phenoxy) is 1. The van der Waals surface area contributed by atoms with Gasteiger partial charge in [-0.2, -0.15) is 0 Å². The van der Waals surface area contributed by atoms with Gasteiger partial charge in [0.05, 0.1) is 12.6 Å². The van der Waals surface area contributed by atoms with Crippen LogP contribution in [0.1, 0.15) is 50.6 Å². The molecule has 0 aromatic heterocycles. The van der Waals surface area contributed by atoms with Crippen molar-refractivity contribution in [1.29, 1.82) is 0 Å². The van der Waals surface area contributed by atoms with Crippen LogP contribution in [-0.2, 0) is 0 Å². The van der Waals surface area contributed by atoms with Crippen molar-refractivity contribution in [2.24, 2.45) is 16.8 Å². The summed E-state index contributed by atoms with van der Waals surface area (Å²) in [4.78, 5) is 6.96. The first kappa shape index (κ1) is 19.5. The summed E-state index contributed by atoms with van der Waals surface area (Å²) in [6, 6.07) is 6.06. The van der Waals surface area contributed by atoms with Crippen LogP contribution in [0.3, 0.4) is 0 Å². The zero-order valence-corrected chi connectivity index (χ0v) is 17.1. The van der Waals surface area contributed by atoms with Gasteiger partial charge in [0, 0.05) is 26.2 Å². The smallest absolute Gasteiger partial charge is 0.191 e. The Morgan fingerprint density at radius 2 is 2.07 bits per heavy atom. The van der Waals surface area contributed by atoms with E-state index in [0.29, 0.717) is 24.2 Å². The van der Waals surface area contributed by atoms with E-state index in [0.717, 1.165) is 24.1 Å².